The van der Waals surface area contributed by atoms with E-state index in [1.54, 1.807) is 11.0 Å². The molecule has 3 heterocycles. The monoisotopic (exact) mass is 463 g/mol. The molecule has 174 valence electrons. The summed E-state index contributed by atoms with van der Waals surface area (Å²) >= 11 is 0. The van der Waals surface area contributed by atoms with E-state index in [4.69, 9.17) is 14.3 Å². The van der Waals surface area contributed by atoms with Gasteiger partial charge < -0.3 is 24.5 Å². The fourth-order valence-corrected chi connectivity index (χ4v) is 3.59. The van der Waals surface area contributed by atoms with Crippen LogP contribution >= 0.6 is 0 Å². The second-order valence-corrected chi connectivity index (χ2v) is 7.49. The highest BCUT2D eigenvalue weighted by molar-refractivity contribution is 5.94. The van der Waals surface area contributed by atoms with Crippen LogP contribution in [0.3, 0.4) is 0 Å². The number of furan rings is 1. The standard InChI is InChI=1S/C22H20F3N3O5/c23-12-22(24,25)17-9-14(7-15-8-16(33-19(15)17)11-27-21(30)31)18-2-1-13(10-26-18)20(29)28-3-5-32-6-4-28/h1-2,7-10,27H,3-6,11-12H2,(H,30,31). The Morgan fingerprint density at radius 3 is 2.58 bits per heavy atom. The van der Waals surface area contributed by atoms with Crippen molar-refractivity contribution in [1.29, 1.82) is 0 Å². The third-order valence-electron chi connectivity index (χ3n) is 5.25. The Bertz CT molecular complexity index is 1170. The topological polar surface area (TPSA) is 105 Å². The first kappa shape index (κ1) is 22.6. The summed E-state index contributed by atoms with van der Waals surface area (Å²) in [5.41, 5.74) is 0.0192. The number of halogens is 3. The van der Waals surface area contributed by atoms with Gasteiger partial charge in [0.1, 0.15) is 11.3 Å². The Morgan fingerprint density at radius 2 is 1.94 bits per heavy atom. The van der Waals surface area contributed by atoms with E-state index in [9.17, 15) is 22.8 Å². The van der Waals surface area contributed by atoms with Gasteiger partial charge in [-0.3, -0.25) is 9.78 Å². The molecule has 2 aromatic heterocycles. The molecule has 0 saturated carbocycles. The van der Waals surface area contributed by atoms with Crippen LogP contribution in [0.4, 0.5) is 18.0 Å². The molecule has 0 radical (unpaired) electrons. The summed E-state index contributed by atoms with van der Waals surface area (Å²) in [5, 5.41) is 11.1. The zero-order valence-corrected chi connectivity index (χ0v) is 17.3. The molecule has 1 aliphatic heterocycles. The number of hydrogen-bond acceptors (Lipinski definition) is 5. The van der Waals surface area contributed by atoms with Crippen LogP contribution in [-0.2, 0) is 17.2 Å². The molecule has 4 rings (SSSR count). The first-order valence-corrected chi connectivity index (χ1v) is 10.1. The third kappa shape index (κ3) is 4.77. The minimum atomic E-state index is -3.82. The average molecular weight is 463 g/mol. The van der Waals surface area contributed by atoms with E-state index in [-0.39, 0.29) is 34.7 Å². The number of nitrogens with zero attached hydrogens (tertiary/aromatic N) is 2. The first-order valence-electron chi connectivity index (χ1n) is 10.1. The molecule has 1 fully saturated rings. The minimum absolute atomic E-state index is 0.0971. The quantitative estimate of drug-likeness (QED) is 0.576. The van der Waals surface area contributed by atoms with Gasteiger partial charge in [-0.1, -0.05) is 0 Å². The SMILES string of the molecule is O=C(O)NCc1cc2cc(-c3ccc(C(=O)N4CCOCC4)cn3)cc(C(F)(F)CF)c2o1. The van der Waals surface area contributed by atoms with Crippen molar-refractivity contribution in [2.75, 3.05) is 33.0 Å². The van der Waals surface area contributed by atoms with E-state index >= 15 is 0 Å². The summed E-state index contributed by atoms with van der Waals surface area (Å²) in [7, 11) is 0. The van der Waals surface area contributed by atoms with Crippen LogP contribution in [0, 0.1) is 0 Å². The van der Waals surface area contributed by atoms with Crippen LogP contribution in [0.2, 0.25) is 0 Å². The smallest absolute Gasteiger partial charge is 0.405 e. The van der Waals surface area contributed by atoms with Crippen molar-refractivity contribution >= 4 is 23.0 Å². The highest BCUT2D eigenvalue weighted by Gasteiger charge is 2.36. The normalized spacial score (nSPS) is 14.5. The van der Waals surface area contributed by atoms with Gasteiger partial charge in [-0.25, -0.2) is 9.18 Å². The number of hydrogen-bond donors (Lipinski definition) is 2. The van der Waals surface area contributed by atoms with E-state index < -0.39 is 24.3 Å². The summed E-state index contributed by atoms with van der Waals surface area (Å²) in [6.07, 6.45) is 0.0587. The molecule has 0 aliphatic carbocycles. The number of rotatable bonds is 6. The van der Waals surface area contributed by atoms with Gasteiger partial charge in [-0.15, -0.1) is 0 Å². The van der Waals surface area contributed by atoms with Crippen molar-refractivity contribution in [2.24, 2.45) is 0 Å². The van der Waals surface area contributed by atoms with Crippen LogP contribution in [0.25, 0.3) is 22.2 Å². The predicted octanol–water partition coefficient (Wildman–Crippen LogP) is 3.80. The van der Waals surface area contributed by atoms with Crippen molar-refractivity contribution in [3.8, 4) is 11.3 Å². The number of carbonyl (C=O) groups is 2. The van der Waals surface area contributed by atoms with Gasteiger partial charge in [-0.2, -0.15) is 8.78 Å². The fourth-order valence-electron chi connectivity index (χ4n) is 3.59. The molecule has 1 aromatic carbocycles. The van der Waals surface area contributed by atoms with Crippen molar-refractivity contribution in [1.82, 2.24) is 15.2 Å². The van der Waals surface area contributed by atoms with Gasteiger partial charge in [0.2, 0.25) is 0 Å². The summed E-state index contributed by atoms with van der Waals surface area (Å²) in [4.78, 5) is 29.2. The predicted molar refractivity (Wildman–Crippen MR) is 111 cm³/mol. The number of carboxylic acid groups (broad SMARTS) is 1. The van der Waals surface area contributed by atoms with Crippen LogP contribution in [-0.4, -0.2) is 60.0 Å². The molecule has 0 bridgehead atoms. The molecular formula is C22H20F3N3O5. The van der Waals surface area contributed by atoms with Crippen LogP contribution in [0.1, 0.15) is 21.7 Å². The largest absolute Gasteiger partial charge is 0.465 e. The molecule has 0 spiro atoms. The number of alkyl halides is 3. The number of morpholine rings is 1. The summed E-state index contributed by atoms with van der Waals surface area (Å²) in [6.45, 7) is -0.322. The van der Waals surface area contributed by atoms with Gasteiger partial charge in [0.25, 0.3) is 5.91 Å². The van der Waals surface area contributed by atoms with Crippen molar-refractivity contribution in [3.05, 3.63) is 53.4 Å². The maximum absolute atomic E-state index is 14.4. The lowest BCUT2D eigenvalue weighted by Crippen LogP contribution is -2.40. The Balaban J connectivity index is 1.69. The van der Waals surface area contributed by atoms with Crippen LogP contribution in [0.5, 0.6) is 0 Å². The van der Waals surface area contributed by atoms with Crippen molar-refractivity contribution < 1.29 is 37.0 Å². The summed E-state index contributed by atoms with van der Waals surface area (Å²) < 4.78 is 52.5. The highest BCUT2D eigenvalue weighted by Crippen LogP contribution is 2.38. The van der Waals surface area contributed by atoms with Crippen molar-refractivity contribution in [3.63, 3.8) is 0 Å². The van der Waals surface area contributed by atoms with E-state index in [0.717, 1.165) is 6.07 Å². The van der Waals surface area contributed by atoms with E-state index in [2.05, 4.69) is 10.3 Å². The minimum Gasteiger partial charge on any atom is -0.465 e. The lowest BCUT2D eigenvalue weighted by atomic mass is 10.00. The van der Waals surface area contributed by atoms with Gasteiger partial charge >= 0.3 is 12.0 Å². The zero-order valence-electron chi connectivity index (χ0n) is 17.3. The van der Waals surface area contributed by atoms with E-state index in [0.29, 0.717) is 37.6 Å². The molecule has 2 N–H and O–H groups in total. The maximum atomic E-state index is 14.4. The Morgan fingerprint density at radius 1 is 1.18 bits per heavy atom. The van der Waals surface area contributed by atoms with Gasteiger partial charge in [0.05, 0.1) is 36.6 Å². The summed E-state index contributed by atoms with van der Waals surface area (Å²) in [5.74, 6) is -3.93. The van der Waals surface area contributed by atoms with E-state index in [1.165, 1.54) is 24.4 Å². The lowest BCUT2D eigenvalue weighted by molar-refractivity contribution is -0.0274. The fraction of sp³-hybridized carbons (Fsp3) is 0.318. The molecule has 2 amide bonds. The number of aromatic nitrogens is 1. The van der Waals surface area contributed by atoms with Crippen LogP contribution in [0.15, 0.2) is 40.9 Å². The third-order valence-corrected chi connectivity index (χ3v) is 5.25. The Labute approximate surface area is 185 Å². The van der Waals surface area contributed by atoms with Crippen LogP contribution < -0.4 is 5.32 Å². The van der Waals surface area contributed by atoms with Gasteiger partial charge in [-0.05, 0) is 30.3 Å². The number of nitrogens with one attached hydrogen (secondary N) is 1. The first-order chi connectivity index (χ1) is 15.8. The lowest BCUT2D eigenvalue weighted by Gasteiger charge is -2.26. The molecule has 3 aromatic rings. The van der Waals surface area contributed by atoms with E-state index in [1.807, 2.05) is 0 Å². The molecule has 0 unspecified atom stereocenters. The molecule has 33 heavy (non-hydrogen) atoms. The number of amides is 2. The molecule has 8 nitrogen and oxygen atoms in total. The molecular weight excluding hydrogens is 443 g/mol. The molecule has 11 heteroatoms. The zero-order chi connectivity index (χ0) is 23.6. The summed E-state index contributed by atoms with van der Waals surface area (Å²) in [6, 6.07) is 7.11. The molecule has 0 atom stereocenters. The van der Waals surface area contributed by atoms with Gasteiger partial charge in [0, 0.05) is 30.2 Å². The molecule has 1 saturated heterocycles. The van der Waals surface area contributed by atoms with Crippen molar-refractivity contribution in [2.45, 2.75) is 12.5 Å². The second-order valence-electron chi connectivity index (χ2n) is 7.49. The number of fused-ring (bicyclic) bond motifs is 1. The Kier molecular flexibility index (Phi) is 6.23. The Hall–Kier alpha value is -3.60. The number of benzene rings is 1. The number of ether oxygens (including phenoxy) is 1. The van der Waals surface area contributed by atoms with Gasteiger partial charge in [0.15, 0.2) is 6.67 Å². The highest BCUT2D eigenvalue weighted by atomic mass is 19.3. The second kappa shape index (κ2) is 9.10. The maximum Gasteiger partial charge on any atom is 0.405 e. The average Bonchev–Trinajstić information content (AvgIpc) is 3.25. The molecule has 1 aliphatic rings. The number of carbonyl (C=O) groups excluding carboxylic acids is 1. The number of pyridine rings is 1.